The van der Waals surface area contributed by atoms with Crippen molar-refractivity contribution in [2.24, 2.45) is 17.2 Å². The summed E-state index contributed by atoms with van der Waals surface area (Å²) in [6.45, 7) is -0.0289. The zero-order chi connectivity index (χ0) is 11.3. The summed E-state index contributed by atoms with van der Waals surface area (Å²) in [6.07, 6.45) is 0.500. The highest BCUT2D eigenvalue weighted by atomic mass is 35.5. The lowest BCUT2D eigenvalue weighted by atomic mass is 10.8. The number of primary amides is 2. The van der Waals surface area contributed by atoms with Gasteiger partial charge < -0.3 is 17.2 Å². The number of hydrogen-bond donors (Lipinski definition) is 4. The Morgan fingerprint density at radius 3 is 1.36 bits per heavy atom. The fourth-order valence-electron chi connectivity index (χ4n) is 0.149. The molecule has 0 unspecified atom stereocenters. The monoisotopic (exact) mass is 251 g/mol. The van der Waals surface area contributed by atoms with Gasteiger partial charge in [-0.05, 0) is 0 Å². The molecule has 0 spiro atoms. The van der Waals surface area contributed by atoms with Gasteiger partial charge in [-0.2, -0.15) is 8.42 Å². The summed E-state index contributed by atoms with van der Waals surface area (Å²) in [7, 11) is -3.80. The summed E-state index contributed by atoms with van der Waals surface area (Å²) < 4.78 is 27.3. The van der Waals surface area contributed by atoms with Gasteiger partial charge in [0.1, 0.15) is 0 Å². The van der Waals surface area contributed by atoms with E-state index >= 15 is 0 Å². The van der Waals surface area contributed by atoms with Crippen molar-refractivity contribution in [3.63, 3.8) is 0 Å². The molecule has 2 amide bonds. The molecule has 0 rings (SSSR count). The molecule has 10 heteroatoms. The van der Waals surface area contributed by atoms with Crippen LogP contribution in [0, 0.1) is 0 Å². The Balaban J connectivity index is -0.0000000610. The first-order valence-corrected chi connectivity index (χ1v) is 4.46. The van der Waals surface area contributed by atoms with E-state index in [9.17, 15) is 8.42 Å². The van der Waals surface area contributed by atoms with Gasteiger partial charge >= 0.3 is 0 Å². The van der Waals surface area contributed by atoms with Crippen LogP contribution in [0.2, 0.25) is 0 Å². The Bertz CT molecular complexity index is 201. The minimum atomic E-state index is -3.80. The van der Waals surface area contributed by atoms with E-state index in [0.29, 0.717) is 0 Å². The maximum Gasteiger partial charge on any atom is 0.266 e. The Hall–Kier alpha value is -0.900. The quantitative estimate of drug-likeness (QED) is 0.311. The van der Waals surface area contributed by atoms with Crippen LogP contribution in [0.1, 0.15) is 0 Å². The SMILES string of the molecule is Cl.NC=O.NC=O.NCCS(=O)(=O)O. The van der Waals surface area contributed by atoms with Crippen LogP contribution in [0.5, 0.6) is 0 Å². The maximum atomic E-state index is 9.71. The molecule has 0 radical (unpaired) electrons. The van der Waals surface area contributed by atoms with Crippen LogP contribution in [0.3, 0.4) is 0 Å². The molecule has 0 aromatic heterocycles. The van der Waals surface area contributed by atoms with Gasteiger partial charge in [0.15, 0.2) is 0 Å². The minimum Gasteiger partial charge on any atom is -0.372 e. The second kappa shape index (κ2) is 18.0. The third kappa shape index (κ3) is 118. The maximum absolute atomic E-state index is 9.71. The molecule has 0 atom stereocenters. The van der Waals surface area contributed by atoms with E-state index in [1.54, 1.807) is 0 Å². The lowest BCUT2D eigenvalue weighted by Gasteiger charge is -1.86. The number of carbonyl (C=O) groups is 2. The summed E-state index contributed by atoms with van der Waals surface area (Å²) in [4.78, 5) is 17.2. The fourth-order valence-corrected chi connectivity index (χ4v) is 0.447. The summed E-state index contributed by atoms with van der Waals surface area (Å²) in [5, 5.41) is 0. The lowest BCUT2D eigenvalue weighted by Crippen LogP contribution is -2.13. The van der Waals surface area contributed by atoms with Crippen LogP contribution < -0.4 is 17.2 Å². The molecular weight excluding hydrogens is 238 g/mol. The van der Waals surface area contributed by atoms with E-state index in [2.05, 4.69) is 11.5 Å². The van der Waals surface area contributed by atoms with E-state index in [1.165, 1.54) is 0 Å². The van der Waals surface area contributed by atoms with Gasteiger partial charge in [-0.25, -0.2) is 0 Å². The second-order valence-corrected chi connectivity index (χ2v) is 2.92. The van der Waals surface area contributed by atoms with Crippen LogP contribution in [0.25, 0.3) is 0 Å². The van der Waals surface area contributed by atoms with Crippen LogP contribution in [0.4, 0.5) is 0 Å². The van der Waals surface area contributed by atoms with Crippen LogP contribution >= 0.6 is 12.4 Å². The van der Waals surface area contributed by atoms with Crippen molar-refractivity contribution in [3.8, 4) is 0 Å². The molecule has 0 aliphatic rings. The Kier molecular flexibility index (Phi) is 29.8. The van der Waals surface area contributed by atoms with E-state index in [1.807, 2.05) is 0 Å². The van der Waals surface area contributed by atoms with Gasteiger partial charge in [-0.15, -0.1) is 12.4 Å². The smallest absolute Gasteiger partial charge is 0.266 e. The van der Waals surface area contributed by atoms with Gasteiger partial charge in [-0.1, -0.05) is 0 Å². The molecule has 0 aromatic carbocycles. The number of carbonyl (C=O) groups excluding carboxylic acids is 2. The average molecular weight is 252 g/mol. The van der Waals surface area contributed by atoms with Crippen molar-refractivity contribution >= 4 is 35.3 Å². The third-order valence-electron chi connectivity index (χ3n) is 0.376. The van der Waals surface area contributed by atoms with E-state index in [4.69, 9.17) is 19.9 Å². The summed E-state index contributed by atoms with van der Waals surface area (Å²) in [5.74, 6) is -0.354. The van der Waals surface area contributed by atoms with Gasteiger partial charge in [0.25, 0.3) is 10.1 Å². The van der Waals surface area contributed by atoms with Crippen LogP contribution in [-0.4, -0.2) is 38.1 Å². The molecule has 88 valence electrons. The number of halogens is 1. The molecule has 0 heterocycles. The first kappa shape index (κ1) is 23.2. The molecule has 0 aromatic rings. The molecule has 8 nitrogen and oxygen atoms in total. The summed E-state index contributed by atoms with van der Waals surface area (Å²) in [5.41, 5.74) is 13.1. The zero-order valence-corrected chi connectivity index (χ0v) is 8.83. The van der Waals surface area contributed by atoms with Crippen molar-refractivity contribution in [2.45, 2.75) is 0 Å². The fraction of sp³-hybridized carbons (Fsp3) is 0.500. The molecule has 0 bridgehead atoms. The molecular formula is C4H14ClN3O5S. The van der Waals surface area contributed by atoms with Crippen molar-refractivity contribution in [1.82, 2.24) is 0 Å². The molecule has 14 heavy (non-hydrogen) atoms. The summed E-state index contributed by atoms with van der Waals surface area (Å²) >= 11 is 0. The van der Waals surface area contributed by atoms with Crippen molar-refractivity contribution in [3.05, 3.63) is 0 Å². The van der Waals surface area contributed by atoms with Crippen molar-refractivity contribution in [1.29, 1.82) is 0 Å². The molecule has 7 N–H and O–H groups in total. The van der Waals surface area contributed by atoms with Crippen molar-refractivity contribution < 1.29 is 22.6 Å². The van der Waals surface area contributed by atoms with Gasteiger partial charge in [0.2, 0.25) is 12.8 Å². The van der Waals surface area contributed by atoms with Crippen LogP contribution in [-0.2, 0) is 19.7 Å². The summed E-state index contributed by atoms with van der Waals surface area (Å²) in [6, 6.07) is 0. The van der Waals surface area contributed by atoms with E-state index < -0.39 is 10.1 Å². The molecule has 0 fully saturated rings. The zero-order valence-electron chi connectivity index (χ0n) is 7.20. The molecule has 0 saturated carbocycles. The third-order valence-corrected chi connectivity index (χ3v) is 1.13. The average Bonchev–Trinajstić information content (AvgIpc) is 1.87. The number of nitrogens with two attached hydrogens (primary N) is 3. The van der Waals surface area contributed by atoms with E-state index in [0.717, 1.165) is 0 Å². The second-order valence-electron chi connectivity index (χ2n) is 1.35. The first-order chi connectivity index (χ1) is 5.89. The highest BCUT2D eigenvalue weighted by Gasteiger charge is 1.98. The normalized spacial score (nSPS) is 7.57. The predicted octanol–water partition coefficient (Wildman–Crippen LogP) is -2.54. The van der Waals surface area contributed by atoms with Gasteiger partial charge in [0, 0.05) is 6.54 Å². The minimum absolute atomic E-state index is 0. The Morgan fingerprint density at radius 1 is 1.14 bits per heavy atom. The number of amides is 2. The lowest BCUT2D eigenvalue weighted by molar-refractivity contribution is -0.107. The number of hydrogen-bond acceptors (Lipinski definition) is 5. The first-order valence-electron chi connectivity index (χ1n) is 2.85. The van der Waals surface area contributed by atoms with Gasteiger partial charge in [0.05, 0.1) is 5.75 Å². The Morgan fingerprint density at radius 2 is 1.36 bits per heavy atom. The standard InChI is InChI=1S/C2H7NO3S.2CH3NO.ClH/c3-1-2-7(4,5)6;2*2-1-3;/h1-3H2,(H,4,5,6);2*1H,(H2,2,3);1H. The highest BCUT2D eigenvalue weighted by molar-refractivity contribution is 7.85. The topological polar surface area (TPSA) is 167 Å². The number of rotatable bonds is 2. The largest absolute Gasteiger partial charge is 0.372 e. The predicted molar refractivity (Wildman–Crippen MR) is 53.2 cm³/mol. The Labute approximate surface area is 88.0 Å². The molecule has 0 aliphatic carbocycles. The van der Waals surface area contributed by atoms with Crippen LogP contribution in [0.15, 0.2) is 0 Å². The molecule has 0 saturated heterocycles. The van der Waals surface area contributed by atoms with E-state index in [-0.39, 0.29) is 37.5 Å². The van der Waals surface area contributed by atoms with Crippen molar-refractivity contribution in [2.75, 3.05) is 12.3 Å². The van der Waals surface area contributed by atoms with Gasteiger partial charge in [-0.3, -0.25) is 14.1 Å². The highest BCUT2D eigenvalue weighted by Crippen LogP contribution is 1.74. The molecule has 0 aliphatic heterocycles.